The maximum atomic E-state index is 12.8. The zero-order valence-electron chi connectivity index (χ0n) is 17.6. The van der Waals surface area contributed by atoms with E-state index in [1.54, 1.807) is 12.1 Å². The van der Waals surface area contributed by atoms with Gasteiger partial charge >= 0.3 is 11.9 Å². The van der Waals surface area contributed by atoms with E-state index >= 15 is 0 Å². The Hall–Kier alpha value is -3.22. The van der Waals surface area contributed by atoms with Gasteiger partial charge in [-0.15, -0.1) is 0 Å². The highest BCUT2D eigenvalue weighted by molar-refractivity contribution is 5.92. The number of nitrogens with one attached hydrogen (secondary N) is 3. The largest absolute Gasteiger partial charge is 0.508 e. The van der Waals surface area contributed by atoms with Gasteiger partial charge in [0.15, 0.2) is 0 Å². The van der Waals surface area contributed by atoms with E-state index in [-0.39, 0.29) is 18.6 Å². The molecule has 1 aromatic rings. The Balaban J connectivity index is 2.89. The predicted molar refractivity (Wildman–Crippen MR) is 114 cm³/mol. The molecular weight excluding hydrogens is 422 g/mol. The van der Waals surface area contributed by atoms with Crippen molar-refractivity contribution in [2.45, 2.75) is 56.7 Å². The number of phenolic OH excluding ortho intramolecular Hbond substituents is 1. The van der Waals surface area contributed by atoms with Gasteiger partial charge in [0.2, 0.25) is 11.8 Å². The summed E-state index contributed by atoms with van der Waals surface area (Å²) in [6, 6.07) is 2.46. The molecule has 0 aromatic heterocycles. The minimum Gasteiger partial charge on any atom is -0.508 e. The van der Waals surface area contributed by atoms with Crippen LogP contribution in [0.2, 0.25) is 0 Å². The second-order valence-electron chi connectivity index (χ2n) is 7.32. The van der Waals surface area contributed by atoms with E-state index in [2.05, 4.69) is 16.1 Å². The molecular formula is C20H31N5O7. The second kappa shape index (κ2) is 14.0. The Morgan fingerprint density at radius 3 is 2.09 bits per heavy atom. The number of carbonyl (C=O) groups is 4. The van der Waals surface area contributed by atoms with Crippen LogP contribution < -0.4 is 27.6 Å². The van der Waals surface area contributed by atoms with Gasteiger partial charge in [0.25, 0.3) is 0 Å². The van der Waals surface area contributed by atoms with Crippen LogP contribution in [0.25, 0.3) is 0 Å². The zero-order chi connectivity index (χ0) is 24.1. The smallest absolute Gasteiger partial charge is 0.326 e. The van der Waals surface area contributed by atoms with Crippen molar-refractivity contribution in [3.63, 3.8) is 0 Å². The van der Waals surface area contributed by atoms with Crippen LogP contribution in [0.15, 0.2) is 24.3 Å². The number of carboxylic acids is 2. The summed E-state index contributed by atoms with van der Waals surface area (Å²) in [5, 5.41) is 32.3. The maximum absolute atomic E-state index is 12.8. The Bertz CT molecular complexity index is 772. The molecule has 2 amide bonds. The van der Waals surface area contributed by atoms with E-state index in [0.29, 0.717) is 31.4 Å². The lowest BCUT2D eigenvalue weighted by Gasteiger charge is -2.23. The standard InChI is InChI=1S/C20H31N5O7/c21-14(3-1-2-10-23-22)18(29)25-16(11-12-4-6-13(26)7-5-12)19(30)24-15(20(31)32)8-9-17(27)28/h4-7,14-16,23,26H,1-3,8-11,21-22H2,(H,24,30)(H,25,29)(H,27,28)(H,31,32)/t14-,15-,16-/m0/s1. The molecule has 0 saturated carbocycles. The molecule has 0 aliphatic carbocycles. The minimum atomic E-state index is -1.43. The third-order valence-corrected chi connectivity index (χ3v) is 4.69. The van der Waals surface area contributed by atoms with E-state index in [0.717, 1.165) is 0 Å². The van der Waals surface area contributed by atoms with Gasteiger partial charge in [-0.05, 0) is 37.0 Å². The van der Waals surface area contributed by atoms with Crippen LogP contribution in [0.3, 0.4) is 0 Å². The summed E-state index contributed by atoms with van der Waals surface area (Å²) in [4.78, 5) is 47.5. The predicted octanol–water partition coefficient (Wildman–Crippen LogP) is -1.19. The van der Waals surface area contributed by atoms with Crippen molar-refractivity contribution >= 4 is 23.8 Å². The van der Waals surface area contributed by atoms with Crippen molar-refractivity contribution in [1.82, 2.24) is 16.1 Å². The van der Waals surface area contributed by atoms with Crippen molar-refractivity contribution in [2.75, 3.05) is 6.54 Å². The molecule has 32 heavy (non-hydrogen) atoms. The number of hydrazine groups is 1. The first-order chi connectivity index (χ1) is 15.1. The first-order valence-electron chi connectivity index (χ1n) is 10.2. The molecule has 0 saturated heterocycles. The average Bonchev–Trinajstić information content (AvgIpc) is 2.74. The Labute approximate surface area is 185 Å². The molecule has 0 heterocycles. The van der Waals surface area contributed by atoms with E-state index in [1.807, 2.05) is 0 Å². The molecule has 1 rings (SSSR count). The van der Waals surface area contributed by atoms with Gasteiger partial charge in [-0.1, -0.05) is 18.6 Å². The molecule has 3 atom stereocenters. The lowest BCUT2D eigenvalue weighted by atomic mass is 10.0. The number of hydrogen-bond acceptors (Lipinski definition) is 8. The minimum absolute atomic E-state index is 0.00688. The highest BCUT2D eigenvalue weighted by atomic mass is 16.4. The first kappa shape index (κ1) is 26.8. The maximum Gasteiger partial charge on any atom is 0.326 e. The summed E-state index contributed by atoms with van der Waals surface area (Å²) in [6.45, 7) is 0.563. The van der Waals surface area contributed by atoms with Gasteiger partial charge in [0.05, 0.1) is 6.04 Å². The number of rotatable bonds is 15. The van der Waals surface area contributed by atoms with Crippen LogP contribution in [0.5, 0.6) is 5.75 Å². The lowest BCUT2D eigenvalue weighted by molar-refractivity contribution is -0.143. The van der Waals surface area contributed by atoms with E-state index in [1.165, 1.54) is 12.1 Å². The van der Waals surface area contributed by atoms with Gasteiger partial charge in [0.1, 0.15) is 17.8 Å². The molecule has 1 aromatic carbocycles. The third kappa shape index (κ3) is 10.2. The molecule has 0 fully saturated rings. The molecule has 0 bridgehead atoms. The van der Waals surface area contributed by atoms with Crippen molar-refractivity contribution < 1.29 is 34.5 Å². The van der Waals surface area contributed by atoms with Gasteiger partial charge < -0.3 is 31.7 Å². The third-order valence-electron chi connectivity index (χ3n) is 4.69. The first-order valence-corrected chi connectivity index (χ1v) is 10.2. The molecule has 12 nitrogen and oxygen atoms in total. The Kier molecular flexibility index (Phi) is 11.7. The number of carbonyl (C=O) groups excluding carboxylic acids is 2. The molecule has 0 aliphatic rings. The lowest BCUT2D eigenvalue weighted by Crippen LogP contribution is -2.55. The van der Waals surface area contributed by atoms with Gasteiger partial charge in [-0.3, -0.25) is 25.7 Å². The van der Waals surface area contributed by atoms with Gasteiger partial charge in [-0.25, -0.2) is 4.79 Å². The summed E-state index contributed by atoms with van der Waals surface area (Å²) in [7, 11) is 0. The molecule has 0 radical (unpaired) electrons. The number of aliphatic carboxylic acids is 2. The number of hydrogen-bond donors (Lipinski definition) is 8. The number of aromatic hydroxyl groups is 1. The number of carboxylic acid groups (broad SMARTS) is 2. The molecule has 0 unspecified atom stereocenters. The fourth-order valence-electron chi connectivity index (χ4n) is 2.88. The van der Waals surface area contributed by atoms with Gasteiger partial charge in [-0.2, -0.15) is 0 Å². The quantitative estimate of drug-likeness (QED) is 0.0902. The van der Waals surface area contributed by atoms with Crippen molar-refractivity contribution in [2.24, 2.45) is 11.6 Å². The number of amides is 2. The fraction of sp³-hybridized carbons (Fsp3) is 0.500. The number of benzene rings is 1. The van der Waals surface area contributed by atoms with E-state index in [9.17, 15) is 29.4 Å². The van der Waals surface area contributed by atoms with E-state index in [4.69, 9.17) is 16.7 Å². The second-order valence-corrected chi connectivity index (χ2v) is 7.32. The van der Waals surface area contributed by atoms with E-state index < -0.39 is 48.3 Å². The van der Waals surface area contributed by atoms with Crippen molar-refractivity contribution in [1.29, 1.82) is 0 Å². The number of nitrogens with two attached hydrogens (primary N) is 2. The molecule has 10 N–H and O–H groups in total. The highest BCUT2D eigenvalue weighted by Crippen LogP contribution is 2.12. The Morgan fingerprint density at radius 1 is 0.906 bits per heavy atom. The summed E-state index contributed by atoms with van der Waals surface area (Å²) in [6.07, 6.45) is 0.937. The van der Waals surface area contributed by atoms with Crippen molar-refractivity contribution in [3.8, 4) is 5.75 Å². The SMILES string of the molecule is NNCCCC[C@H](N)C(=O)N[C@@H](Cc1ccc(O)cc1)C(=O)N[C@@H](CCC(=O)O)C(=O)O. The van der Waals surface area contributed by atoms with Crippen LogP contribution >= 0.6 is 0 Å². The average molecular weight is 453 g/mol. The van der Waals surface area contributed by atoms with Crippen LogP contribution in [0.4, 0.5) is 0 Å². The summed E-state index contributed by atoms with van der Waals surface area (Å²) < 4.78 is 0. The monoisotopic (exact) mass is 453 g/mol. The van der Waals surface area contributed by atoms with Crippen molar-refractivity contribution in [3.05, 3.63) is 29.8 Å². The van der Waals surface area contributed by atoms with Crippen LogP contribution in [0.1, 0.15) is 37.7 Å². The molecule has 0 aliphatic heterocycles. The summed E-state index contributed by atoms with van der Waals surface area (Å²) >= 11 is 0. The number of unbranched alkanes of at least 4 members (excludes halogenated alkanes) is 1. The summed E-state index contributed by atoms with van der Waals surface area (Å²) in [5.41, 5.74) is 9.00. The zero-order valence-corrected chi connectivity index (χ0v) is 17.6. The normalized spacial score (nSPS) is 13.6. The topological polar surface area (TPSA) is 217 Å². The molecule has 178 valence electrons. The highest BCUT2D eigenvalue weighted by Gasteiger charge is 2.28. The number of phenols is 1. The molecule has 0 spiro atoms. The van der Waals surface area contributed by atoms with Gasteiger partial charge in [0, 0.05) is 19.4 Å². The Morgan fingerprint density at radius 2 is 1.53 bits per heavy atom. The fourth-order valence-corrected chi connectivity index (χ4v) is 2.88. The van der Waals surface area contributed by atoms with Crippen LogP contribution in [-0.4, -0.2) is 63.7 Å². The molecule has 12 heteroatoms. The van der Waals surface area contributed by atoms with Crippen LogP contribution in [0, 0.1) is 0 Å². The summed E-state index contributed by atoms with van der Waals surface area (Å²) in [5.74, 6) is 1.25. The van der Waals surface area contributed by atoms with Crippen LogP contribution in [-0.2, 0) is 25.6 Å².